The summed E-state index contributed by atoms with van der Waals surface area (Å²) in [7, 11) is 0. The Kier molecular flexibility index (Phi) is 6.93. The van der Waals surface area contributed by atoms with Gasteiger partial charge in [0.15, 0.2) is 0 Å². The Labute approximate surface area is 139 Å². The number of carbonyl (C=O) groups excluding carboxylic acids is 1. The number of nitrogens with one attached hydrogen (secondary N) is 2. The summed E-state index contributed by atoms with van der Waals surface area (Å²) in [6.07, 6.45) is 5.61. The third kappa shape index (κ3) is 4.34. The quantitative estimate of drug-likeness (QED) is 0.794. The van der Waals surface area contributed by atoms with Gasteiger partial charge in [-0.15, -0.1) is 12.4 Å². The highest BCUT2D eigenvalue weighted by Gasteiger charge is 2.35. The van der Waals surface area contributed by atoms with Gasteiger partial charge in [0.2, 0.25) is 5.91 Å². The predicted octanol–water partition coefficient (Wildman–Crippen LogP) is 1.17. The number of carbonyl (C=O) groups is 1. The number of morpholine rings is 1. The zero-order valence-electron chi connectivity index (χ0n) is 13.6. The molecule has 0 aromatic carbocycles. The predicted molar refractivity (Wildman–Crippen MR) is 89.4 cm³/mol. The van der Waals surface area contributed by atoms with E-state index in [2.05, 4.69) is 17.6 Å². The molecule has 3 aliphatic rings. The van der Waals surface area contributed by atoms with Crippen molar-refractivity contribution in [3.63, 3.8) is 0 Å². The zero-order chi connectivity index (χ0) is 14.7. The summed E-state index contributed by atoms with van der Waals surface area (Å²) < 4.78 is 5.63. The Morgan fingerprint density at radius 2 is 2.27 bits per heavy atom. The fourth-order valence-corrected chi connectivity index (χ4v) is 4.18. The Balaban J connectivity index is 0.00000176. The second kappa shape index (κ2) is 8.48. The lowest BCUT2D eigenvalue weighted by Crippen LogP contribution is -2.53. The van der Waals surface area contributed by atoms with Gasteiger partial charge in [0.25, 0.3) is 0 Å². The number of nitrogens with zero attached hydrogens (tertiary/aromatic N) is 1. The van der Waals surface area contributed by atoms with Gasteiger partial charge in [-0.3, -0.25) is 4.79 Å². The first kappa shape index (κ1) is 18.0. The molecule has 0 aromatic rings. The van der Waals surface area contributed by atoms with E-state index in [0.29, 0.717) is 30.0 Å². The van der Waals surface area contributed by atoms with Crippen molar-refractivity contribution < 1.29 is 9.53 Å². The molecule has 22 heavy (non-hydrogen) atoms. The van der Waals surface area contributed by atoms with Crippen molar-refractivity contribution in [2.45, 2.75) is 57.2 Å². The first-order chi connectivity index (χ1) is 10.2. The topological polar surface area (TPSA) is 53.6 Å². The van der Waals surface area contributed by atoms with E-state index in [9.17, 15) is 4.79 Å². The van der Waals surface area contributed by atoms with Crippen LogP contribution in [-0.2, 0) is 9.53 Å². The third-order valence-corrected chi connectivity index (χ3v) is 5.20. The standard InChI is InChI=1S/C16H29N3O2.ClH/c1-12(10-19-8-3-6-16(19)20)18-14-5-2-4-13(14)15-11-21-9-7-17-15;/h12-15,17-18H,2-11H2,1H3;1H. The van der Waals surface area contributed by atoms with E-state index in [1.807, 2.05) is 4.90 Å². The van der Waals surface area contributed by atoms with E-state index in [0.717, 1.165) is 45.7 Å². The number of ether oxygens (including phenoxy) is 1. The van der Waals surface area contributed by atoms with Crippen molar-refractivity contribution in [2.24, 2.45) is 5.92 Å². The van der Waals surface area contributed by atoms with Gasteiger partial charge in [0.05, 0.1) is 13.2 Å². The molecule has 3 rings (SSSR count). The molecule has 6 heteroatoms. The van der Waals surface area contributed by atoms with Crippen LogP contribution in [0.2, 0.25) is 0 Å². The fraction of sp³-hybridized carbons (Fsp3) is 0.938. The van der Waals surface area contributed by atoms with Crippen LogP contribution in [0.3, 0.4) is 0 Å². The molecule has 0 bridgehead atoms. The van der Waals surface area contributed by atoms with Gasteiger partial charge in [0, 0.05) is 44.2 Å². The first-order valence-electron chi connectivity index (χ1n) is 8.59. The molecule has 0 aromatic heterocycles. The van der Waals surface area contributed by atoms with Crippen molar-refractivity contribution in [1.29, 1.82) is 0 Å². The highest BCUT2D eigenvalue weighted by Crippen LogP contribution is 2.30. The minimum atomic E-state index is 0. The summed E-state index contributed by atoms with van der Waals surface area (Å²) >= 11 is 0. The molecule has 1 aliphatic carbocycles. The van der Waals surface area contributed by atoms with Crippen LogP contribution in [0.5, 0.6) is 0 Å². The average Bonchev–Trinajstić information content (AvgIpc) is 3.10. The van der Waals surface area contributed by atoms with Crippen molar-refractivity contribution in [3.05, 3.63) is 0 Å². The molecule has 1 amide bonds. The maximum atomic E-state index is 11.7. The molecule has 5 nitrogen and oxygen atoms in total. The highest BCUT2D eigenvalue weighted by atomic mass is 35.5. The second-order valence-corrected chi connectivity index (χ2v) is 6.85. The Bertz CT molecular complexity index is 363. The van der Waals surface area contributed by atoms with Crippen LogP contribution in [0.25, 0.3) is 0 Å². The third-order valence-electron chi connectivity index (χ3n) is 5.20. The summed E-state index contributed by atoms with van der Waals surface area (Å²) in [4.78, 5) is 13.7. The number of likely N-dealkylation sites (tertiary alicyclic amines) is 1. The number of hydrogen-bond acceptors (Lipinski definition) is 4. The van der Waals surface area contributed by atoms with Crippen molar-refractivity contribution in [1.82, 2.24) is 15.5 Å². The minimum Gasteiger partial charge on any atom is -0.379 e. The maximum absolute atomic E-state index is 11.7. The molecule has 128 valence electrons. The van der Waals surface area contributed by atoms with E-state index in [4.69, 9.17) is 4.74 Å². The van der Waals surface area contributed by atoms with E-state index in [-0.39, 0.29) is 12.4 Å². The van der Waals surface area contributed by atoms with Crippen molar-refractivity contribution in [3.8, 4) is 0 Å². The summed E-state index contributed by atoms with van der Waals surface area (Å²) in [5.74, 6) is 0.996. The Morgan fingerprint density at radius 3 is 2.95 bits per heavy atom. The Hall–Kier alpha value is -0.360. The van der Waals surface area contributed by atoms with E-state index >= 15 is 0 Å². The molecule has 0 spiro atoms. The van der Waals surface area contributed by atoms with Gasteiger partial charge in [-0.05, 0) is 32.1 Å². The molecule has 2 N–H and O–H groups in total. The molecule has 1 saturated carbocycles. The highest BCUT2D eigenvalue weighted by molar-refractivity contribution is 5.85. The van der Waals surface area contributed by atoms with Crippen LogP contribution in [0.4, 0.5) is 0 Å². The SMILES string of the molecule is CC(CN1CCCC1=O)NC1CCCC1C1COCCN1.Cl. The lowest BCUT2D eigenvalue weighted by molar-refractivity contribution is -0.128. The molecular formula is C16H30ClN3O2. The van der Waals surface area contributed by atoms with E-state index in [1.165, 1.54) is 19.3 Å². The molecule has 0 radical (unpaired) electrons. The lowest BCUT2D eigenvalue weighted by atomic mass is 9.93. The largest absolute Gasteiger partial charge is 0.379 e. The van der Waals surface area contributed by atoms with Crippen LogP contribution in [-0.4, -0.2) is 61.8 Å². The van der Waals surface area contributed by atoms with Gasteiger partial charge < -0.3 is 20.3 Å². The number of hydrogen-bond donors (Lipinski definition) is 2. The van der Waals surface area contributed by atoms with E-state index in [1.54, 1.807) is 0 Å². The first-order valence-corrected chi connectivity index (χ1v) is 8.59. The monoisotopic (exact) mass is 331 g/mol. The molecular weight excluding hydrogens is 302 g/mol. The molecule has 4 unspecified atom stereocenters. The lowest BCUT2D eigenvalue weighted by Gasteiger charge is -2.34. The number of rotatable bonds is 5. The fourth-order valence-electron chi connectivity index (χ4n) is 4.18. The smallest absolute Gasteiger partial charge is 0.222 e. The molecule has 3 fully saturated rings. The van der Waals surface area contributed by atoms with Gasteiger partial charge in [-0.1, -0.05) is 6.42 Å². The van der Waals surface area contributed by atoms with Crippen LogP contribution < -0.4 is 10.6 Å². The van der Waals surface area contributed by atoms with Gasteiger partial charge in [-0.2, -0.15) is 0 Å². The number of amides is 1. The maximum Gasteiger partial charge on any atom is 0.222 e. The van der Waals surface area contributed by atoms with E-state index < -0.39 is 0 Å². The van der Waals surface area contributed by atoms with Crippen LogP contribution in [0.15, 0.2) is 0 Å². The molecule has 2 saturated heterocycles. The summed E-state index contributed by atoms with van der Waals surface area (Å²) in [6, 6.07) is 1.44. The van der Waals surface area contributed by atoms with Crippen molar-refractivity contribution in [2.75, 3.05) is 32.8 Å². The zero-order valence-corrected chi connectivity index (χ0v) is 14.4. The van der Waals surface area contributed by atoms with Gasteiger partial charge in [0.1, 0.15) is 0 Å². The summed E-state index contributed by atoms with van der Waals surface area (Å²) in [5, 5.41) is 7.40. The van der Waals surface area contributed by atoms with Crippen LogP contribution >= 0.6 is 12.4 Å². The van der Waals surface area contributed by atoms with Gasteiger partial charge in [-0.25, -0.2) is 0 Å². The normalized spacial score (nSPS) is 33.8. The van der Waals surface area contributed by atoms with Crippen LogP contribution in [0.1, 0.15) is 39.0 Å². The molecule has 2 aliphatic heterocycles. The van der Waals surface area contributed by atoms with Crippen molar-refractivity contribution >= 4 is 18.3 Å². The second-order valence-electron chi connectivity index (χ2n) is 6.85. The minimum absolute atomic E-state index is 0. The molecule has 2 heterocycles. The van der Waals surface area contributed by atoms with Crippen LogP contribution in [0, 0.1) is 5.92 Å². The van der Waals surface area contributed by atoms with Gasteiger partial charge >= 0.3 is 0 Å². The number of halogens is 1. The Morgan fingerprint density at radius 1 is 1.41 bits per heavy atom. The molecule has 4 atom stereocenters. The average molecular weight is 332 g/mol. The summed E-state index contributed by atoms with van der Waals surface area (Å²) in [5.41, 5.74) is 0. The summed E-state index contributed by atoms with van der Waals surface area (Å²) in [6.45, 7) is 6.68.